The van der Waals surface area contributed by atoms with Gasteiger partial charge in [0.1, 0.15) is 0 Å². The van der Waals surface area contributed by atoms with Crippen molar-refractivity contribution in [2.24, 2.45) is 5.10 Å². The molecule has 0 aromatic carbocycles. The average molecular weight is 162 g/mol. The largest absolute Gasteiger partial charge is 0.300 e. The molecule has 0 spiro atoms. The van der Waals surface area contributed by atoms with E-state index < -0.39 is 0 Å². The summed E-state index contributed by atoms with van der Waals surface area (Å²) in [5, 5.41) is 6.24. The van der Waals surface area contributed by atoms with E-state index in [1.54, 1.807) is 0 Å². The normalized spacial score (nSPS) is 18.8. The molecule has 1 aliphatic carbocycles. The zero-order valence-electron chi connectivity index (χ0n) is 7.62. The molecule has 2 nitrogen and oxygen atoms in total. The third-order valence-corrected chi connectivity index (χ3v) is 1.73. The second-order valence-corrected chi connectivity index (χ2v) is 2.70. The zero-order valence-corrected chi connectivity index (χ0v) is 7.62. The lowest BCUT2D eigenvalue weighted by Gasteiger charge is -2.12. The summed E-state index contributed by atoms with van der Waals surface area (Å²) >= 11 is 0. The van der Waals surface area contributed by atoms with E-state index in [9.17, 15) is 0 Å². The summed E-state index contributed by atoms with van der Waals surface area (Å²) in [6, 6.07) is 0. The molecule has 0 aromatic rings. The third kappa shape index (κ3) is 2.09. The van der Waals surface area contributed by atoms with Gasteiger partial charge in [0.05, 0.1) is 5.71 Å². The molecule has 0 radical (unpaired) electrons. The maximum atomic E-state index is 4.35. The van der Waals surface area contributed by atoms with Crippen LogP contribution in [-0.4, -0.2) is 24.3 Å². The van der Waals surface area contributed by atoms with Crippen LogP contribution in [0.4, 0.5) is 0 Å². The number of rotatable bonds is 2. The molecule has 64 valence electrons. The first-order chi connectivity index (χ1) is 5.74. The topological polar surface area (TPSA) is 15.6 Å². The summed E-state index contributed by atoms with van der Waals surface area (Å²) in [5.74, 6) is 0. The standard InChI is InChI=1S/C10H14N2/c1-4-12(3)11-10-8-6-5-7-9(10)2/h5-8H,2,4H2,1,3H3/b11-10-. The Morgan fingerprint density at radius 2 is 2.08 bits per heavy atom. The van der Waals surface area contributed by atoms with Crippen LogP contribution >= 0.6 is 0 Å². The Morgan fingerprint density at radius 3 is 2.67 bits per heavy atom. The molecule has 0 atom stereocenters. The number of hydrogen-bond acceptors (Lipinski definition) is 2. The molecule has 0 saturated carbocycles. The maximum absolute atomic E-state index is 4.35. The molecule has 0 bridgehead atoms. The SMILES string of the molecule is C=C1C=CC=C/C1=N/N(C)CC. The van der Waals surface area contributed by atoms with Crippen molar-refractivity contribution in [3.05, 3.63) is 36.5 Å². The van der Waals surface area contributed by atoms with Crippen molar-refractivity contribution in [2.75, 3.05) is 13.6 Å². The van der Waals surface area contributed by atoms with E-state index in [0.29, 0.717) is 0 Å². The lowest BCUT2D eigenvalue weighted by atomic mass is 10.1. The molecule has 0 heterocycles. The first-order valence-electron chi connectivity index (χ1n) is 4.08. The van der Waals surface area contributed by atoms with Crippen LogP contribution in [0.5, 0.6) is 0 Å². The highest BCUT2D eigenvalue weighted by molar-refractivity contribution is 6.10. The molecule has 2 heteroatoms. The summed E-state index contributed by atoms with van der Waals surface area (Å²) in [6.07, 6.45) is 7.86. The molecule has 0 fully saturated rings. The van der Waals surface area contributed by atoms with E-state index in [-0.39, 0.29) is 0 Å². The minimum absolute atomic E-state index is 0.911. The molecule has 0 aromatic heterocycles. The Kier molecular flexibility index (Phi) is 2.86. The van der Waals surface area contributed by atoms with Gasteiger partial charge in [-0.05, 0) is 18.6 Å². The van der Waals surface area contributed by atoms with Crippen molar-refractivity contribution in [3.8, 4) is 0 Å². The quantitative estimate of drug-likeness (QED) is 0.567. The Bertz CT molecular complexity index is 259. The number of hydrogen-bond donors (Lipinski definition) is 0. The third-order valence-electron chi connectivity index (χ3n) is 1.73. The van der Waals surface area contributed by atoms with E-state index >= 15 is 0 Å². The first-order valence-corrected chi connectivity index (χ1v) is 4.08. The highest BCUT2D eigenvalue weighted by Gasteiger charge is 2.01. The van der Waals surface area contributed by atoms with Gasteiger partial charge in [0.25, 0.3) is 0 Å². The fourth-order valence-electron chi connectivity index (χ4n) is 0.863. The summed E-state index contributed by atoms with van der Waals surface area (Å²) < 4.78 is 0. The Hall–Kier alpha value is -1.31. The monoisotopic (exact) mass is 162 g/mol. The Morgan fingerprint density at radius 1 is 1.42 bits per heavy atom. The van der Waals surface area contributed by atoms with Crippen LogP contribution in [0.25, 0.3) is 0 Å². The van der Waals surface area contributed by atoms with Gasteiger partial charge >= 0.3 is 0 Å². The van der Waals surface area contributed by atoms with Crippen LogP contribution < -0.4 is 0 Å². The number of nitrogens with zero attached hydrogens (tertiary/aromatic N) is 2. The molecular weight excluding hydrogens is 148 g/mol. The predicted molar refractivity (Wildman–Crippen MR) is 53.2 cm³/mol. The van der Waals surface area contributed by atoms with Gasteiger partial charge in [0.15, 0.2) is 0 Å². The van der Waals surface area contributed by atoms with Gasteiger partial charge in [-0.3, -0.25) is 5.01 Å². The van der Waals surface area contributed by atoms with Crippen LogP contribution in [0, 0.1) is 0 Å². The van der Waals surface area contributed by atoms with Crippen LogP contribution in [0.15, 0.2) is 41.6 Å². The smallest absolute Gasteiger partial charge is 0.0897 e. The van der Waals surface area contributed by atoms with Crippen molar-refractivity contribution in [1.82, 2.24) is 5.01 Å². The molecule has 0 aliphatic heterocycles. The lowest BCUT2D eigenvalue weighted by Crippen LogP contribution is -2.13. The van der Waals surface area contributed by atoms with E-state index in [0.717, 1.165) is 17.8 Å². The fourth-order valence-corrected chi connectivity index (χ4v) is 0.863. The molecule has 0 N–H and O–H groups in total. The second kappa shape index (κ2) is 3.90. The Balaban J connectivity index is 2.75. The van der Waals surface area contributed by atoms with Gasteiger partial charge < -0.3 is 0 Å². The summed E-state index contributed by atoms with van der Waals surface area (Å²) in [4.78, 5) is 0. The highest BCUT2D eigenvalue weighted by Crippen LogP contribution is 2.06. The second-order valence-electron chi connectivity index (χ2n) is 2.70. The van der Waals surface area contributed by atoms with Crippen molar-refractivity contribution >= 4 is 5.71 Å². The molecule has 1 rings (SSSR count). The molecule has 0 unspecified atom stereocenters. The fraction of sp³-hybridized carbons (Fsp3) is 0.300. The van der Waals surface area contributed by atoms with Gasteiger partial charge in [-0.1, -0.05) is 24.8 Å². The Labute approximate surface area is 73.6 Å². The lowest BCUT2D eigenvalue weighted by molar-refractivity contribution is 0.376. The van der Waals surface area contributed by atoms with E-state index in [1.807, 2.05) is 36.4 Å². The summed E-state index contributed by atoms with van der Waals surface area (Å²) in [7, 11) is 1.95. The number of allylic oxidation sites excluding steroid dienone is 5. The molecule has 12 heavy (non-hydrogen) atoms. The van der Waals surface area contributed by atoms with Gasteiger partial charge in [0, 0.05) is 13.6 Å². The van der Waals surface area contributed by atoms with E-state index in [4.69, 9.17) is 0 Å². The molecule has 0 saturated heterocycles. The highest BCUT2D eigenvalue weighted by atomic mass is 15.4. The predicted octanol–water partition coefficient (Wildman–Crippen LogP) is 1.98. The molecular formula is C10H14N2. The summed E-state index contributed by atoms with van der Waals surface area (Å²) in [6.45, 7) is 6.86. The average Bonchev–Trinajstić information content (AvgIpc) is 2.09. The van der Waals surface area contributed by atoms with Gasteiger partial charge in [-0.2, -0.15) is 5.10 Å². The number of hydrazone groups is 1. The van der Waals surface area contributed by atoms with Crippen molar-refractivity contribution in [1.29, 1.82) is 0 Å². The molecule has 1 aliphatic rings. The van der Waals surface area contributed by atoms with Crippen LogP contribution in [0.3, 0.4) is 0 Å². The zero-order chi connectivity index (χ0) is 8.97. The van der Waals surface area contributed by atoms with E-state index in [1.165, 1.54) is 0 Å². The van der Waals surface area contributed by atoms with Crippen LogP contribution in [0.2, 0.25) is 0 Å². The van der Waals surface area contributed by atoms with Crippen molar-refractivity contribution < 1.29 is 0 Å². The minimum Gasteiger partial charge on any atom is -0.300 e. The van der Waals surface area contributed by atoms with Gasteiger partial charge in [0.2, 0.25) is 0 Å². The van der Waals surface area contributed by atoms with Crippen LogP contribution in [-0.2, 0) is 0 Å². The van der Waals surface area contributed by atoms with Crippen molar-refractivity contribution in [3.63, 3.8) is 0 Å². The minimum atomic E-state index is 0.911. The molecule has 0 amide bonds. The first kappa shape index (κ1) is 8.78. The van der Waals surface area contributed by atoms with Crippen molar-refractivity contribution in [2.45, 2.75) is 6.92 Å². The maximum Gasteiger partial charge on any atom is 0.0897 e. The van der Waals surface area contributed by atoms with Gasteiger partial charge in [-0.25, -0.2) is 0 Å². The summed E-state index contributed by atoms with van der Waals surface area (Å²) in [5.41, 5.74) is 1.92. The van der Waals surface area contributed by atoms with E-state index in [2.05, 4.69) is 18.6 Å². The van der Waals surface area contributed by atoms with Crippen LogP contribution in [0.1, 0.15) is 6.92 Å². The van der Waals surface area contributed by atoms with Gasteiger partial charge in [-0.15, -0.1) is 0 Å².